The van der Waals surface area contributed by atoms with E-state index in [9.17, 15) is 55.9 Å². The average molecular weight is 671 g/mol. The van der Waals surface area contributed by atoms with E-state index in [2.05, 4.69) is 0 Å². The summed E-state index contributed by atoms with van der Waals surface area (Å²) in [5, 5.41) is 105. The van der Waals surface area contributed by atoms with Gasteiger partial charge in [0, 0.05) is 12.8 Å². The molecule has 270 valence electrons. The van der Waals surface area contributed by atoms with E-state index in [1.807, 2.05) is 6.92 Å². The molecule has 12 atom stereocenters. The normalized spacial score (nSPS) is 39.6. The molecule has 0 bridgehead atoms. The van der Waals surface area contributed by atoms with Gasteiger partial charge in [0.05, 0.1) is 42.7 Å². The molecule has 0 aliphatic carbocycles. The van der Waals surface area contributed by atoms with Gasteiger partial charge >= 0.3 is 5.97 Å². The van der Waals surface area contributed by atoms with Crippen molar-refractivity contribution in [3.8, 4) is 0 Å². The zero-order valence-electron chi connectivity index (χ0n) is 27.8. The lowest BCUT2D eigenvalue weighted by atomic mass is 9.87. The van der Waals surface area contributed by atoms with Crippen molar-refractivity contribution in [2.75, 3.05) is 0 Å². The van der Waals surface area contributed by atoms with Gasteiger partial charge in [0.1, 0.15) is 30.3 Å². The second-order valence-corrected chi connectivity index (χ2v) is 12.5. The lowest BCUT2D eigenvalue weighted by molar-refractivity contribution is -0.168. The molecule has 1 heterocycles. The fourth-order valence-corrected chi connectivity index (χ4v) is 5.30. The standard InChI is InChI=1S/C35H58O12/c1-4-5-11-16-29(41)32-30(42)20-26(38)18-24(36)17-25(37)19-27(39)21-31(43)34(45)33(44)22(2)14-12-9-7-6-8-10-13-15-28(40)23(3)47-35(32)46/h6-10,12-15,23-34,36-45H,4-5,11,16-21H2,1-3H3/b7-6-,10-8-,12-9-,15-13-,22-14-/t23-,24+,25-,26+,27-,28+,29-,30+,31-,32-,33-,34-/m1/s1. The molecule has 0 fully saturated rings. The molecule has 0 unspecified atom stereocenters. The number of unbranched alkanes of at least 4 members (excludes halogenated alkanes) is 2. The van der Waals surface area contributed by atoms with Gasteiger partial charge in [-0.05, 0) is 45.1 Å². The Morgan fingerprint density at radius 3 is 1.77 bits per heavy atom. The highest BCUT2D eigenvalue weighted by molar-refractivity contribution is 5.74. The van der Waals surface area contributed by atoms with Crippen LogP contribution < -0.4 is 0 Å². The molecule has 0 aromatic carbocycles. The lowest BCUT2D eigenvalue weighted by Crippen LogP contribution is -2.43. The Morgan fingerprint density at radius 2 is 1.21 bits per heavy atom. The topological polar surface area (TPSA) is 229 Å². The Labute approximate surface area is 278 Å². The van der Waals surface area contributed by atoms with Crippen molar-refractivity contribution in [3.05, 3.63) is 60.3 Å². The summed E-state index contributed by atoms with van der Waals surface area (Å²) in [4.78, 5) is 13.1. The van der Waals surface area contributed by atoms with Gasteiger partial charge < -0.3 is 55.8 Å². The zero-order chi connectivity index (χ0) is 35.5. The molecule has 0 aromatic rings. The van der Waals surface area contributed by atoms with Gasteiger partial charge in [-0.2, -0.15) is 0 Å². The van der Waals surface area contributed by atoms with E-state index in [-0.39, 0.29) is 32.1 Å². The summed E-state index contributed by atoms with van der Waals surface area (Å²) in [6.45, 7) is 5.00. The van der Waals surface area contributed by atoms with Crippen LogP contribution in [0, 0.1) is 5.92 Å². The third kappa shape index (κ3) is 17.1. The summed E-state index contributed by atoms with van der Waals surface area (Å²) < 4.78 is 5.41. The van der Waals surface area contributed by atoms with Crippen LogP contribution in [0.15, 0.2) is 60.3 Å². The van der Waals surface area contributed by atoms with Crippen LogP contribution in [0.25, 0.3) is 0 Å². The molecule has 1 aliphatic heterocycles. The Kier molecular flexibility index (Phi) is 21.1. The second-order valence-electron chi connectivity index (χ2n) is 12.5. The molecular formula is C35H58O12. The number of allylic oxidation sites excluding steroid dienone is 8. The summed E-state index contributed by atoms with van der Waals surface area (Å²) in [5.74, 6) is -2.37. The highest BCUT2D eigenvalue weighted by Gasteiger charge is 2.37. The number of ether oxygens (including phenoxy) is 1. The maximum Gasteiger partial charge on any atom is 0.314 e. The minimum atomic E-state index is -1.61. The van der Waals surface area contributed by atoms with Gasteiger partial charge in [-0.15, -0.1) is 0 Å². The monoisotopic (exact) mass is 670 g/mol. The minimum Gasteiger partial charge on any atom is -0.459 e. The molecule has 1 aliphatic rings. The van der Waals surface area contributed by atoms with Gasteiger partial charge in [-0.1, -0.05) is 80.9 Å². The quantitative estimate of drug-likeness (QED) is 0.145. The summed E-state index contributed by atoms with van der Waals surface area (Å²) in [5.41, 5.74) is 0.357. The van der Waals surface area contributed by atoms with E-state index < -0.39 is 85.5 Å². The maximum absolute atomic E-state index is 13.1. The highest BCUT2D eigenvalue weighted by Crippen LogP contribution is 2.24. The smallest absolute Gasteiger partial charge is 0.314 e. The van der Waals surface area contributed by atoms with Crippen LogP contribution in [-0.2, 0) is 9.53 Å². The van der Waals surface area contributed by atoms with Gasteiger partial charge in [-0.3, -0.25) is 4.79 Å². The lowest BCUT2D eigenvalue weighted by Gasteiger charge is -2.30. The van der Waals surface area contributed by atoms with E-state index in [4.69, 9.17) is 4.74 Å². The summed E-state index contributed by atoms with van der Waals surface area (Å²) in [6, 6.07) is 0. The molecule has 0 amide bonds. The summed E-state index contributed by atoms with van der Waals surface area (Å²) in [6.07, 6.45) is 0.559. The van der Waals surface area contributed by atoms with Crippen LogP contribution in [-0.4, -0.2) is 124 Å². The van der Waals surface area contributed by atoms with Crippen molar-refractivity contribution in [3.63, 3.8) is 0 Å². The number of aliphatic hydroxyl groups is 10. The van der Waals surface area contributed by atoms with Gasteiger partial charge in [0.15, 0.2) is 0 Å². The van der Waals surface area contributed by atoms with E-state index >= 15 is 0 Å². The molecular weight excluding hydrogens is 612 g/mol. The Bertz CT molecular complexity index is 1020. The number of carbonyl (C=O) groups is 1. The Hall–Kier alpha value is -2.23. The minimum absolute atomic E-state index is 0.197. The molecule has 0 spiro atoms. The molecule has 0 aromatic heterocycles. The van der Waals surface area contributed by atoms with Crippen molar-refractivity contribution in [1.82, 2.24) is 0 Å². The largest absolute Gasteiger partial charge is 0.459 e. The van der Waals surface area contributed by atoms with Crippen molar-refractivity contribution < 1.29 is 60.6 Å². The molecule has 0 saturated heterocycles. The summed E-state index contributed by atoms with van der Waals surface area (Å²) in [7, 11) is 0. The predicted octanol–water partition coefficient (Wildman–Crippen LogP) is 0.859. The van der Waals surface area contributed by atoms with E-state index in [0.29, 0.717) is 12.0 Å². The zero-order valence-corrected chi connectivity index (χ0v) is 27.8. The van der Waals surface area contributed by atoms with Gasteiger partial charge in [0.25, 0.3) is 0 Å². The van der Waals surface area contributed by atoms with Crippen molar-refractivity contribution in [2.45, 2.75) is 146 Å². The number of carbonyl (C=O) groups excluding carboxylic acids is 1. The number of hydrogen-bond acceptors (Lipinski definition) is 12. The number of esters is 1. The maximum atomic E-state index is 13.1. The Morgan fingerprint density at radius 1 is 0.723 bits per heavy atom. The first kappa shape index (κ1) is 42.8. The van der Waals surface area contributed by atoms with Crippen LogP contribution in [0.5, 0.6) is 0 Å². The molecule has 10 N–H and O–H groups in total. The molecule has 12 heteroatoms. The van der Waals surface area contributed by atoms with E-state index in [0.717, 1.165) is 12.8 Å². The van der Waals surface area contributed by atoms with Crippen LogP contribution >= 0.6 is 0 Å². The number of rotatable bonds is 5. The highest BCUT2D eigenvalue weighted by atomic mass is 16.6. The van der Waals surface area contributed by atoms with E-state index in [1.54, 1.807) is 55.5 Å². The number of cyclic esters (lactones) is 1. The number of aliphatic hydroxyl groups excluding tert-OH is 10. The SMILES string of the molecule is CCCCC[C@@H](O)[C@H]1C(=O)O[C@H](C)[C@@H](O)\C=C/C=C\C=C/C=C\C=C(\C)[C@@H](O)[C@H](O)[C@H](O)C[C@H](O)C[C@H](O)C[C@H](O)C[C@H](O)C[C@@H]1O. The van der Waals surface area contributed by atoms with Crippen LogP contribution in [0.2, 0.25) is 0 Å². The fraction of sp³-hybridized carbons (Fsp3) is 0.686. The van der Waals surface area contributed by atoms with Crippen LogP contribution in [0.3, 0.4) is 0 Å². The first-order valence-corrected chi connectivity index (χ1v) is 16.5. The molecule has 12 nitrogen and oxygen atoms in total. The van der Waals surface area contributed by atoms with Gasteiger partial charge in [0.2, 0.25) is 0 Å². The predicted molar refractivity (Wildman–Crippen MR) is 177 cm³/mol. The van der Waals surface area contributed by atoms with Gasteiger partial charge in [-0.25, -0.2) is 0 Å². The van der Waals surface area contributed by atoms with Crippen molar-refractivity contribution in [1.29, 1.82) is 0 Å². The first-order chi connectivity index (χ1) is 22.2. The number of hydrogen-bond donors (Lipinski definition) is 10. The Balaban J connectivity index is 3.19. The van der Waals surface area contributed by atoms with Crippen LogP contribution in [0.1, 0.15) is 78.6 Å². The third-order valence-electron chi connectivity index (χ3n) is 8.17. The van der Waals surface area contributed by atoms with Crippen molar-refractivity contribution >= 4 is 5.97 Å². The summed E-state index contributed by atoms with van der Waals surface area (Å²) >= 11 is 0. The second kappa shape index (κ2) is 23.2. The fourth-order valence-electron chi connectivity index (χ4n) is 5.30. The molecule has 0 saturated carbocycles. The average Bonchev–Trinajstić information content (AvgIpc) is 2.98. The third-order valence-corrected chi connectivity index (χ3v) is 8.17. The first-order valence-electron chi connectivity index (χ1n) is 16.5. The molecule has 1 rings (SSSR count). The van der Waals surface area contributed by atoms with Crippen LogP contribution in [0.4, 0.5) is 0 Å². The molecule has 0 radical (unpaired) electrons. The van der Waals surface area contributed by atoms with E-state index in [1.165, 1.54) is 13.0 Å². The van der Waals surface area contributed by atoms with Crippen molar-refractivity contribution in [2.24, 2.45) is 5.92 Å². The molecule has 47 heavy (non-hydrogen) atoms.